The zero-order valence-corrected chi connectivity index (χ0v) is 36.3. The molecule has 0 bridgehead atoms. The first kappa shape index (κ1) is 36.0. The molecule has 4 heteroatoms. The molecule has 8 aromatic carbocycles. The number of hydrogen-bond acceptors (Lipinski definition) is 4. The summed E-state index contributed by atoms with van der Waals surface area (Å²) in [5.74, 6) is 0. The summed E-state index contributed by atoms with van der Waals surface area (Å²) in [6.07, 6.45) is 8.17. The van der Waals surface area contributed by atoms with Gasteiger partial charge in [0.1, 0.15) is 11.2 Å². The average molecular weight is 832 g/mol. The smallest absolute Gasteiger partial charge is 0.143 e. The summed E-state index contributed by atoms with van der Waals surface area (Å²) in [7, 11) is 0. The Morgan fingerprint density at radius 1 is 0.516 bits per heavy atom. The van der Waals surface area contributed by atoms with Crippen molar-refractivity contribution in [2.75, 3.05) is 4.90 Å². The zero-order valence-electron chi connectivity index (χ0n) is 34.7. The van der Waals surface area contributed by atoms with E-state index in [1.165, 1.54) is 90.4 Å². The first-order valence-corrected chi connectivity index (χ1v) is 23.2. The summed E-state index contributed by atoms with van der Waals surface area (Å²) in [6.45, 7) is 7.13. The van der Waals surface area contributed by atoms with Crippen LogP contribution in [-0.4, -0.2) is 0 Å². The highest BCUT2D eigenvalue weighted by Crippen LogP contribution is 2.54. The van der Waals surface area contributed by atoms with Crippen LogP contribution in [0.15, 0.2) is 192 Å². The van der Waals surface area contributed by atoms with Crippen molar-refractivity contribution in [1.29, 1.82) is 0 Å². The van der Waals surface area contributed by atoms with Crippen LogP contribution in [-0.2, 0) is 10.8 Å². The molecule has 0 spiro atoms. The lowest BCUT2D eigenvalue weighted by molar-refractivity contribution is 0.601. The third-order valence-corrected chi connectivity index (χ3v) is 16.3. The first-order chi connectivity index (χ1) is 30.3. The average Bonchev–Trinajstić information content (AvgIpc) is 4.05. The van der Waals surface area contributed by atoms with Crippen LogP contribution in [0.4, 0.5) is 11.4 Å². The number of hydrogen-bond donors (Lipinski definition) is 0. The van der Waals surface area contributed by atoms with E-state index < -0.39 is 0 Å². The third kappa shape index (κ3) is 5.14. The lowest BCUT2D eigenvalue weighted by Gasteiger charge is -2.34. The Hall–Kier alpha value is -6.72. The maximum Gasteiger partial charge on any atom is 0.143 e. The van der Waals surface area contributed by atoms with Crippen LogP contribution in [0.2, 0.25) is 0 Å². The summed E-state index contributed by atoms with van der Waals surface area (Å²) in [4.78, 5) is 2.47. The Morgan fingerprint density at radius 2 is 1.18 bits per heavy atom. The SMILES string of the molecule is CC1(c2cccc3c2sc2ccccc23)C=CC(N(c2ccc(-c3cccc4c3sc3ccccc34)cc2)c2ccc3c(c2)C(C)(C)c2ccc4c(oc5ccccc54)c2-3)=CC1. The van der Waals surface area contributed by atoms with Gasteiger partial charge in [-0.25, -0.2) is 0 Å². The quantitative estimate of drug-likeness (QED) is 0.172. The van der Waals surface area contributed by atoms with E-state index in [2.05, 4.69) is 208 Å². The van der Waals surface area contributed by atoms with E-state index in [9.17, 15) is 0 Å². The zero-order chi connectivity index (χ0) is 41.3. The van der Waals surface area contributed by atoms with E-state index >= 15 is 0 Å². The summed E-state index contributed by atoms with van der Waals surface area (Å²) in [5.41, 5.74) is 14.0. The van der Waals surface area contributed by atoms with Crippen LogP contribution in [0.3, 0.4) is 0 Å². The molecule has 2 aliphatic rings. The van der Waals surface area contributed by atoms with E-state index in [-0.39, 0.29) is 10.8 Å². The molecule has 62 heavy (non-hydrogen) atoms. The Kier molecular flexibility index (Phi) is 7.63. The van der Waals surface area contributed by atoms with Gasteiger partial charge < -0.3 is 9.32 Å². The molecule has 1 atom stereocenters. The van der Waals surface area contributed by atoms with Crippen molar-refractivity contribution in [2.45, 2.75) is 38.0 Å². The normalized spacial score (nSPS) is 16.8. The topological polar surface area (TPSA) is 16.4 Å². The van der Waals surface area contributed by atoms with Gasteiger partial charge in [-0.1, -0.05) is 154 Å². The number of anilines is 2. The fraction of sp³-hybridized carbons (Fsp3) is 0.103. The van der Waals surface area contributed by atoms with Crippen LogP contribution >= 0.6 is 22.7 Å². The Balaban J connectivity index is 0.941. The minimum Gasteiger partial charge on any atom is -0.455 e. The molecule has 1 unspecified atom stereocenters. The lowest BCUT2D eigenvalue weighted by atomic mass is 9.76. The lowest BCUT2D eigenvalue weighted by Crippen LogP contribution is -2.24. The van der Waals surface area contributed by atoms with Crippen LogP contribution in [0.25, 0.3) is 84.5 Å². The molecule has 11 aromatic rings. The molecule has 0 radical (unpaired) electrons. The second kappa shape index (κ2) is 13.1. The van der Waals surface area contributed by atoms with E-state index in [0.717, 1.165) is 34.3 Å². The minimum absolute atomic E-state index is 0.151. The number of furan rings is 1. The number of benzene rings is 8. The molecule has 0 saturated heterocycles. The van der Waals surface area contributed by atoms with Gasteiger partial charge in [0.2, 0.25) is 0 Å². The second-order valence-electron chi connectivity index (χ2n) is 17.8. The fourth-order valence-corrected chi connectivity index (χ4v) is 13.2. The van der Waals surface area contributed by atoms with Gasteiger partial charge in [0.05, 0.1) is 0 Å². The number of para-hydroxylation sites is 1. The summed E-state index contributed by atoms with van der Waals surface area (Å²) < 4.78 is 12.0. The number of thiophene rings is 2. The second-order valence-corrected chi connectivity index (χ2v) is 19.9. The minimum atomic E-state index is -0.218. The van der Waals surface area contributed by atoms with Crippen LogP contribution < -0.4 is 4.90 Å². The van der Waals surface area contributed by atoms with Gasteiger partial charge in [-0.05, 0) is 88.3 Å². The predicted octanol–water partition coefficient (Wildman–Crippen LogP) is 17.2. The molecule has 0 fully saturated rings. The maximum absolute atomic E-state index is 6.65. The highest BCUT2D eigenvalue weighted by atomic mass is 32.1. The van der Waals surface area contributed by atoms with Crippen molar-refractivity contribution >= 4 is 96.3 Å². The van der Waals surface area contributed by atoms with Gasteiger partial charge in [0.15, 0.2) is 0 Å². The van der Waals surface area contributed by atoms with Gasteiger partial charge >= 0.3 is 0 Å². The molecule has 296 valence electrons. The summed E-state index contributed by atoms with van der Waals surface area (Å²) in [5, 5.41) is 7.68. The van der Waals surface area contributed by atoms with Crippen molar-refractivity contribution in [2.24, 2.45) is 0 Å². The van der Waals surface area contributed by atoms with E-state index in [0.29, 0.717) is 0 Å². The highest BCUT2D eigenvalue weighted by Gasteiger charge is 2.39. The van der Waals surface area contributed by atoms with Crippen molar-refractivity contribution in [3.8, 4) is 22.3 Å². The van der Waals surface area contributed by atoms with Crippen molar-refractivity contribution in [1.82, 2.24) is 0 Å². The van der Waals surface area contributed by atoms with E-state index in [1.54, 1.807) is 0 Å². The Labute approximate surface area is 368 Å². The van der Waals surface area contributed by atoms with Crippen LogP contribution in [0.5, 0.6) is 0 Å². The third-order valence-electron chi connectivity index (χ3n) is 13.9. The first-order valence-electron chi connectivity index (χ1n) is 21.5. The standard InChI is InChI=1S/C58H41NOS2/c1-57(2)47-29-28-43-40-12-4-7-19-50(40)60-54(43)53(47)46-27-26-38(34-49(46)57)59(36-24-22-35(23-25-36)39-15-10-16-44-41-13-5-8-20-51(41)61-55(39)44)37-30-32-58(3,33-31-37)48-18-11-17-45-42-14-6-9-21-52(42)62-56(45)48/h4-32,34H,33H2,1-3H3. The van der Waals surface area contributed by atoms with E-state index in [1.807, 2.05) is 22.7 Å². The van der Waals surface area contributed by atoms with Crippen molar-refractivity contribution in [3.05, 3.63) is 204 Å². The fourth-order valence-electron chi connectivity index (χ4n) is 10.6. The predicted molar refractivity (Wildman–Crippen MR) is 267 cm³/mol. The molecule has 0 aliphatic heterocycles. The van der Waals surface area contributed by atoms with Gasteiger partial charge in [-0.3, -0.25) is 0 Å². The molecule has 2 aliphatic carbocycles. The van der Waals surface area contributed by atoms with Crippen LogP contribution in [0.1, 0.15) is 43.9 Å². The molecular weight excluding hydrogens is 791 g/mol. The molecular formula is C58H41NOS2. The van der Waals surface area contributed by atoms with Gasteiger partial charge in [0, 0.05) is 84.6 Å². The van der Waals surface area contributed by atoms with Gasteiger partial charge in [-0.15, -0.1) is 22.7 Å². The number of allylic oxidation sites excluding steroid dienone is 3. The molecule has 0 N–H and O–H groups in total. The summed E-state index contributed by atoms with van der Waals surface area (Å²) >= 11 is 3.80. The van der Waals surface area contributed by atoms with Crippen LogP contribution in [0, 0.1) is 0 Å². The Morgan fingerprint density at radius 3 is 1.94 bits per heavy atom. The molecule has 3 aromatic heterocycles. The summed E-state index contributed by atoms with van der Waals surface area (Å²) in [6, 6.07) is 60.5. The van der Waals surface area contributed by atoms with Crippen molar-refractivity contribution in [3.63, 3.8) is 0 Å². The maximum atomic E-state index is 6.65. The number of rotatable bonds is 5. The highest BCUT2D eigenvalue weighted by molar-refractivity contribution is 7.26. The van der Waals surface area contributed by atoms with Gasteiger partial charge in [-0.2, -0.15) is 0 Å². The number of nitrogens with zero attached hydrogens (tertiary/aromatic N) is 1. The molecule has 3 heterocycles. The van der Waals surface area contributed by atoms with Crippen molar-refractivity contribution < 1.29 is 4.42 Å². The molecule has 0 saturated carbocycles. The Bertz CT molecular complexity index is 3720. The van der Waals surface area contributed by atoms with E-state index in [4.69, 9.17) is 4.42 Å². The molecule has 0 amide bonds. The largest absolute Gasteiger partial charge is 0.455 e. The molecule has 13 rings (SSSR count). The number of fused-ring (bicyclic) bond motifs is 13. The molecule has 2 nitrogen and oxygen atoms in total. The monoisotopic (exact) mass is 831 g/mol. The van der Waals surface area contributed by atoms with Gasteiger partial charge in [0.25, 0.3) is 0 Å².